The molecule has 1 fully saturated rings. The minimum atomic E-state index is 0.282. The van der Waals surface area contributed by atoms with Gasteiger partial charge in [0, 0.05) is 37.5 Å². The van der Waals surface area contributed by atoms with Gasteiger partial charge in [0.15, 0.2) is 0 Å². The molecule has 0 aromatic carbocycles. The molecule has 4 nitrogen and oxygen atoms in total. The molecule has 1 N–H and O–H groups in total. The van der Waals surface area contributed by atoms with Gasteiger partial charge in [-0.2, -0.15) is 0 Å². The first-order valence-electron chi connectivity index (χ1n) is 9.02. The molecule has 2 aromatic rings. The van der Waals surface area contributed by atoms with Crippen LogP contribution in [-0.4, -0.2) is 16.2 Å². The van der Waals surface area contributed by atoms with Crippen LogP contribution >= 0.6 is 0 Å². The average Bonchev–Trinajstić information content (AvgIpc) is 2.97. The summed E-state index contributed by atoms with van der Waals surface area (Å²) < 4.78 is 5.47. The van der Waals surface area contributed by atoms with E-state index in [9.17, 15) is 0 Å². The van der Waals surface area contributed by atoms with E-state index in [0.29, 0.717) is 17.9 Å². The van der Waals surface area contributed by atoms with Gasteiger partial charge in [0.1, 0.15) is 5.76 Å². The summed E-state index contributed by atoms with van der Waals surface area (Å²) in [6, 6.07) is 6.84. The first-order chi connectivity index (χ1) is 11.4. The van der Waals surface area contributed by atoms with Crippen LogP contribution in [-0.2, 0) is 19.4 Å². The molecular formula is C20H29N3O. The number of hydrogen-bond acceptors (Lipinski definition) is 4. The predicted octanol–water partition coefficient (Wildman–Crippen LogP) is 4.02. The van der Waals surface area contributed by atoms with Gasteiger partial charge < -0.3 is 9.84 Å². The number of aromatic nitrogens is 2. The fourth-order valence-corrected chi connectivity index (χ4v) is 3.65. The van der Waals surface area contributed by atoms with Crippen LogP contribution in [0.3, 0.4) is 0 Å². The Kier molecular flexibility index (Phi) is 5.04. The van der Waals surface area contributed by atoms with Crippen LogP contribution in [0, 0.1) is 17.3 Å². The maximum Gasteiger partial charge on any atom is 0.137 e. The summed E-state index contributed by atoms with van der Waals surface area (Å²) in [5.74, 6) is 2.28. The summed E-state index contributed by atoms with van der Waals surface area (Å²) in [7, 11) is 0. The zero-order valence-corrected chi connectivity index (χ0v) is 15.2. The molecule has 0 amide bonds. The Morgan fingerprint density at radius 1 is 1.29 bits per heavy atom. The van der Waals surface area contributed by atoms with E-state index in [1.807, 2.05) is 12.4 Å². The fraction of sp³-hybridized carbons (Fsp3) is 0.600. The summed E-state index contributed by atoms with van der Waals surface area (Å²) in [5.41, 5.74) is 2.68. The Morgan fingerprint density at radius 3 is 2.71 bits per heavy atom. The lowest BCUT2D eigenvalue weighted by molar-refractivity contribution is 0.0125. The second kappa shape index (κ2) is 7.06. The first-order valence-corrected chi connectivity index (χ1v) is 9.02. The molecular weight excluding hydrogens is 298 g/mol. The molecule has 2 atom stereocenters. The van der Waals surface area contributed by atoms with E-state index in [2.05, 4.69) is 61.4 Å². The van der Waals surface area contributed by atoms with Gasteiger partial charge in [0.05, 0.1) is 5.69 Å². The maximum absolute atomic E-state index is 5.47. The average molecular weight is 327 g/mol. The van der Waals surface area contributed by atoms with Gasteiger partial charge in [-0.1, -0.05) is 32.9 Å². The van der Waals surface area contributed by atoms with Crippen molar-refractivity contribution in [2.75, 3.05) is 0 Å². The monoisotopic (exact) mass is 327 g/mol. The molecule has 3 rings (SSSR count). The van der Waals surface area contributed by atoms with E-state index in [1.165, 1.54) is 12.0 Å². The minimum absolute atomic E-state index is 0.282. The van der Waals surface area contributed by atoms with Crippen molar-refractivity contribution in [3.05, 3.63) is 47.6 Å². The van der Waals surface area contributed by atoms with Crippen molar-refractivity contribution in [3.8, 4) is 0 Å². The lowest BCUT2D eigenvalue weighted by Crippen LogP contribution is -2.57. The molecule has 2 heterocycles. The predicted molar refractivity (Wildman–Crippen MR) is 95.5 cm³/mol. The lowest BCUT2D eigenvalue weighted by atomic mass is 9.57. The van der Waals surface area contributed by atoms with Crippen LogP contribution in [0.5, 0.6) is 0 Å². The normalized spacial score (nSPS) is 22.5. The summed E-state index contributed by atoms with van der Waals surface area (Å²) in [5, 5.41) is 7.97. The number of nitrogens with one attached hydrogen (secondary N) is 1. The molecule has 0 spiro atoms. The first kappa shape index (κ1) is 17.2. The van der Waals surface area contributed by atoms with Gasteiger partial charge in [0.2, 0.25) is 0 Å². The Hall–Kier alpha value is -1.68. The zero-order valence-electron chi connectivity index (χ0n) is 15.2. The Balaban J connectivity index is 1.51. The largest absolute Gasteiger partial charge is 0.361 e. The lowest BCUT2D eigenvalue weighted by Gasteiger charge is -2.52. The van der Waals surface area contributed by atoms with E-state index in [-0.39, 0.29) is 5.41 Å². The number of rotatable bonds is 7. The van der Waals surface area contributed by atoms with Crippen LogP contribution in [0.25, 0.3) is 0 Å². The third kappa shape index (κ3) is 3.86. The van der Waals surface area contributed by atoms with E-state index >= 15 is 0 Å². The third-order valence-corrected chi connectivity index (χ3v) is 5.45. The van der Waals surface area contributed by atoms with Gasteiger partial charge in [0.25, 0.3) is 0 Å². The Labute approximate surface area is 145 Å². The second-order valence-electron chi connectivity index (χ2n) is 8.13. The van der Waals surface area contributed by atoms with Crippen LogP contribution < -0.4 is 5.32 Å². The highest BCUT2D eigenvalue weighted by molar-refractivity contribution is 5.13. The second-order valence-corrected chi connectivity index (χ2v) is 8.13. The number of nitrogens with zero attached hydrogens (tertiary/aromatic N) is 2. The van der Waals surface area contributed by atoms with E-state index < -0.39 is 0 Å². The van der Waals surface area contributed by atoms with Crippen molar-refractivity contribution < 1.29 is 4.52 Å². The molecule has 0 unspecified atom stereocenters. The Morgan fingerprint density at radius 2 is 2.04 bits per heavy atom. The molecule has 0 bridgehead atoms. The van der Waals surface area contributed by atoms with Crippen LogP contribution in [0.15, 0.2) is 35.1 Å². The maximum atomic E-state index is 5.47. The zero-order chi connectivity index (χ0) is 17.2. The summed E-state index contributed by atoms with van der Waals surface area (Å²) in [6.07, 6.45) is 6.89. The van der Waals surface area contributed by atoms with Crippen molar-refractivity contribution in [2.45, 2.75) is 59.5 Å². The van der Waals surface area contributed by atoms with Gasteiger partial charge in [-0.25, -0.2) is 0 Å². The molecule has 1 aliphatic carbocycles. The van der Waals surface area contributed by atoms with Crippen LogP contribution in [0.4, 0.5) is 0 Å². The van der Waals surface area contributed by atoms with Crippen molar-refractivity contribution >= 4 is 0 Å². The summed E-state index contributed by atoms with van der Waals surface area (Å²) >= 11 is 0. The topological polar surface area (TPSA) is 51.0 Å². The molecule has 1 aliphatic rings. The molecule has 0 aliphatic heterocycles. The summed E-state index contributed by atoms with van der Waals surface area (Å²) in [4.78, 5) is 4.07. The van der Waals surface area contributed by atoms with Crippen molar-refractivity contribution in [1.29, 1.82) is 0 Å². The van der Waals surface area contributed by atoms with Crippen molar-refractivity contribution in [3.63, 3.8) is 0 Å². The van der Waals surface area contributed by atoms with Gasteiger partial charge >= 0.3 is 0 Å². The van der Waals surface area contributed by atoms with E-state index in [4.69, 9.17) is 4.52 Å². The molecule has 0 radical (unpaired) electrons. The summed E-state index contributed by atoms with van der Waals surface area (Å²) in [6.45, 7) is 10.0. The van der Waals surface area contributed by atoms with Gasteiger partial charge in [-0.15, -0.1) is 0 Å². The van der Waals surface area contributed by atoms with Crippen LogP contribution in [0.2, 0.25) is 0 Å². The SMILES string of the molecule is CC(C)Cc1cc(C[C@@H]2C[C@H](NCc3ccncc3)C2(C)C)no1. The van der Waals surface area contributed by atoms with Gasteiger partial charge in [-0.05, 0) is 47.8 Å². The smallest absolute Gasteiger partial charge is 0.137 e. The molecule has 24 heavy (non-hydrogen) atoms. The van der Waals surface area contributed by atoms with Crippen molar-refractivity contribution in [2.24, 2.45) is 17.3 Å². The third-order valence-electron chi connectivity index (χ3n) is 5.45. The molecule has 0 saturated heterocycles. The number of pyridine rings is 1. The van der Waals surface area contributed by atoms with Crippen LogP contribution in [0.1, 0.15) is 51.1 Å². The highest BCUT2D eigenvalue weighted by atomic mass is 16.5. The minimum Gasteiger partial charge on any atom is -0.361 e. The molecule has 4 heteroatoms. The number of hydrogen-bond donors (Lipinski definition) is 1. The van der Waals surface area contributed by atoms with E-state index in [1.54, 1.807) is 0 Å². The fourth-order valence-electron chi connectivity index (χ4n) is 3.65. The standard InChI is InChI=1S/C20H29N3O/c1-14(2)9-18-12-17(23-24-18)10-16-11-19(20(16,3)4)22-13-15-5-7-21-8-6-15/h5-8,12,14,16,19,22H,9-11,13H2,1-4H3/t16-,19+/m1/s1. The van der Waals surface area contributed by atoms with Gasteiger partial charge in [-0.3, -0.25) is 4.98 Å². The molecule has 1 saturated carbocycles. The highest BCUT2D eigenvalue weighted by Crippen LogP contribution is 2.47. The van der Waals surface area contributed by atoms with Crippen molar-refractivity contribution in [1.82, 2.24) is 15.5 Å². The molecule has 2 aromatic heterocycles. The Bertz CT molecular complexity index is 648. The van der Waals surface area contributed by atoms with E-state index in [0.717, 1.165) is 30.8 Å². The molecule has 130 valence electrons. The highest BCUT2D eigenvalue weighted by Gasteiger charge is 2.47. The quantitative estimate of drug-likeness (QED) is 0.834.